The minimum Gasteiger partial charge on any atom is -0.393 e. The molecule has 1 nitrogen and oxygen atoms in total. The van der Waals surface area contributed by atoms with Crippen LogP contribution in [0, 0.1) is 29.6 Å². The molecular formula is C11H20O. The summed E-state index contributed by atoms with van der Waals surface area (Å²) < 4.78 is 0. The van der Waals surface area contributed by atoms with Gasteiger partial charge in [-0.05, 0) is 42.4 Å². The molecule has 6 atom stereocenters. The Hall–Kier alpha value is -0.0400. The molecule has 2 aliphatic carbocycles. The van der Waals surface area contributed by atoms with Crippen LogP contribution in [0.15, 0.2) is 0 Å². The van der Waals surface area contributed by atoms with Crippen LogP contribution in [0.3, 0.4) is 0 Å². The van der Waals surface area contributed by atoms with E-state index in [9.17, 15) is 5.11 Å². The van der Waals surface area contributed by atoms with Gasteiger partial charge in [-0.1, -0.05) is 20.8 Å². The van der Waals surface area contributed by atoms with E-state index in [1.165, 1.54) is 6.42 Å². The van der Waals surface area contributed by atoms with Crippen LogP contribution in [-0.2, 0) is 0 Å². The average Bonchev–Trinajstić information content (AvgIpc) is 2.38. The lowest BCUT2D eigenvalue weighted by atomic mass is 9.86. The van der Waals surface area contributed by atoms with Crippen LogP contribution in [0.5, 0.6) is 0 Å². The van der Waals surface area contributed by atoms with Gasteiger partial charge in [-0.25, -0.2) is 0 Å². The molecule has 0 aromatic heterocycles. The molecule has 1 heteroatoms. The number of aliphatic hydroxyl groups excluding tert-OH is 1. The van der Waals surface area contributed by atoms with Crippen molar-refractivity contribution in [3.05, 3.63) is 0 Å². The summed E-state index contributed by atoms with van der Waals surface area (Å²) in [6.45, 7) is 6.97. The van der Waals surface area contributed by atoms with E-state index in [2.05, 4.69) is 20.8 Å². The van der Waals surface area contributed by atoms with E-state index in [0.29, 0.717) is 5.92 Å². The second-order valence-corrected chi connectivity index (χ2v) is 5.13. The van der Waals surface area contributed by atoms with E-state index >= 15 is 0 Å². The van der Waals surface area contributed by atoms with Gasteiger partial charge < -0.3 is 5.11 Å². The fraction of sp³-hybridized carbons (Fsp3) is 1.00. The van der Waals surface area contributed by atoms with Gasteiger partial charge in [-0.2, -0.15) is 0 Å². The van der Waals surface area contributed by atoms with Gasteiger partial charge >= 0.3 is 0 Å². The zero-order chi connectivity index (χ0) is 8.88. The number of hydrogen-bond donors (Lipinski definition) is 1. The average molecular weight is 168 g/mol. The van der Waals surface area contributed by atoms with Crippen LogP contribution in [0.25, 0.3) is 0 Å². The Kier molecular flexibility index (Phi) is 1.95. The summed E-state index contributed by atoms with van der Waals surface area (Å²) in [5, 5.41) is 9.86. The van der Waals surface area contributed by atoms with Gasteiger partial charge in [0.2, 0.25) is 0 Å². The van der Waals surface area contributed by atoms with E-state index in [1.807, 2.05) is 0 Å². The van der Waals surface area contributed by atoms with Crippen molar-refractivity contribution in [3.8, 4) is 0 Å². The summed E-state index contributed by atoms with van der Waals surface area (Å²) in [5.41, 5.74) is 0. The zero-order valence-corrected chi connectivity index (χ0v) is 8.33. The number of fused-ring (bicyclic) bond motifs is 1. The maximum absolute atomic E-state index is 9.86. The Balaban J connectivity index is 2.20. The zero-order valence-electron chi connectivity index (χ0n) is 8.33. The standard InChI is InChI=1S/C11H20O/c1-6-4-7(2)11-9(12)5-8(3)10(6)11/h6-12H,4-5H2,1-3H3. The first-order chi connectivity index (χ1) is 5.61. The molecule has 0 saturated heterocycles. The van der Waals surface area contributed by atoms with Crippen LogP contribution in [0.4, 0.5) is 0 Å². The first-order valence-corrected chi connectivity index (χ1v) is 5.29. The number of hydrogen-bond acceptors (Lipinski definition) is 1. The minimum atomic E-state index is 0.00458. The molecule has 0 heterocycles. The third-order valence-corrected chi connectivity index (χ3v) is 4.22. The first kappa shape index (κ1) is 8.55. The quantitative estimate of drug-likeness (QED) is 0.588. The van der Waals surface area contributed by atoms with Crippen LogP contribution in [0.1, 0.15) is 33.6 Å². The Morgan fingerprint density at radius 2 is 1.33 bits per heavy atom. The van der Waals surface area contributed by atoms with Crippen LogP contribution >= 0.6 is 0 Å². The second kappa shape index (κ2) is 2.73. The minimum absolute atomic E-state index is 0.00458. The smallest absolute Gasteiger partial charge is 0.0576 e. The first-order valence-electron chi connectivity index (χ1n) is 5.29. The lowest BCUT2D eigenvalue weighted by Crippen LogP contribution is -2.20. The summed E-state index contributed by atoms with van der Waals surface area (Å²) in [4.78, 5) is 0. The molecule has 2 saturated carbocycles. The Bertz CT molecular complexity index is 142. The lowest BCUT2D eigenvalue weighted by Gasteiger charge is -2.20. The SMILES string of the molecule is CC1CC(C)C2C(O)CC(C)C12. The molecule has 0 spiro atoms. The molecule has 1 N–H and O–H groups in total. The third-order valence-electron chi connectivity index (χ3n) is 4.22. The molecule has 6 unspecified atom stereocenters. The van der Waals surface area contributed by atoms with Crippen molar-refractivity contribution in [3.63, 3.8) is 0 Å². The van der Waals surface area contributed by atoms with E-state index in [-0.39, 0.29) is 6.10 Å². The molecule has 2 fully saturated rings. The lowest BCUT2D eigenvalue weighted by molar-refractivity contribution is 0.103. The van der Waals surface area contributed by atoms with Gasteiger partial charge in [-0.15, -0.1) is 0 Å². The molecule has 12 heavy (non-hydrogen) atoms. The molecule has 2 aliphatic rings. The van der Waals surface area contributed by atoms with E-state index < -0.39 is 0 Å². The Morgan fingerprint density at radius 1 is 0.833 bits per heavy atom. The molecule has 70 valence electrons. The van der Waals surface area contributed by atoms with Crippen LogP contribution in [0.2, 0.25) is 0 Å². The van der Waals surface area contributed by atoms with Gasteiger partial charge in [0.15, 0.2) is 0 Å². The Labute approximate surface area is 75.2 Å². The van der Waals surface area contributed by atoms with Crippen molar-refractivity contribution in [1.29, 1.82) is 0 Å². The molecule has 0 aromatic carbocycles. The van der Waals surface area contributed by atoms with Gasteiger partial charge in [0, 0.05) is 0 Å². The predicted molar refractivity (Wildman–Crippen MR) is 49.7 cm³/mol. The number of rotatable bonds is 0. The molecular weight excluding hydrogens is 148 g/mol. The van der Waals surface area contributed by atoms with Gasteiger partial charge in [0.05, 0.1) is 6.10 Å². The second-order valence-electron chi connectivity index (χ2n) is 5.13. The van der Waals surface area contributed by atoms with Crippen molar-refractivity contribution in [2.75, 3.05) is 0 Å². The predicted octanol–water partition coefficient (Wildman–Crippen LogP) is 2.30. The third kappa shape index (κ3) is 1.02. The molecule has 0 bridgehead atoms. The summed E-state index contributed by atoms with van der Waals surface area (Å²) in [5.74, 6) is 3.79. The van der Waals surface area contributed by atoms with Crippen LogP contribution in [-0.4, -0.2) is 11.2 Å². The Morgan fingerprint density at radius 3 is 1.92 bits per heavy atom. The fourth-order valence-corrected chi connectivity index (χ4v) is 3.93. The highest BCUT2D eigenvalue weighted by Crippen LogP contribution is 2.53. The van der Waals surface area contributed by atoms with Crippen molar-refractivity contribution in [1.82, 2.24) is 0 Å². The van der Waals surface area contributed by atoms with Crippen molar-refractivity contribution in [2.45, 2.75) is 39.7 Å². The molecule has 0 amide bonds. The number of aliphatic hydroxyl groups is 1. The fourth-order valence-electron chi connectivity index (χ4n) is 3.93. The highest BCUT2D eigenvalue weighted by atomic mass is 16.3. The highest BCUT2D eigenvalue weighted by Gasteiger charge is 2.49. The largest absolute Gasteiger partial charge is 0.393 e. The summed E-state index contributed by atoms with van der Waals surface area (Å²) in [7, 11) is 0. The monoisotopic (exact) mass is 168 g/mol. The van der Waals surface area contributed by atoms with Gasteiger partial charge in [0.25, 0.3) is 0 Å². The van der Waals surface area contributed by atoms with Gasteiger partial charge in [-0.3, -0.25) is 0 Å². The summed E-state index contributed by atoms with van der Waals surface area (Å²) in [6, 6.07) is 0. The molecule has 0 aromatic rings. The van der Waals surface area contributed by atoms with Crippen LogP contribution < -0.4 is 0 Å². The highest BCUT2D eigenvalue weighted by molar-refractivity contribution is 4.98. The summed E-state index contributed by atoms with van der Waals surface area (Å²) >= 11 is 0. The topological polar surface area (TPSA) is 20.2 Å². The van der Waals surface area contributed by atoms with E-state index in [1.54, 1.807) is 0 Å². The maximum Gasteiger partial charge on any atom is 0.0576 e. The van der Waals surface area contributed by atoms with Crippen molar-refractivity contribution < 1.29 is 5.11 Å². The van der Waals surface area contributed by atoms with Gasteiger partial charge in [0.1, 0.15) is 0 Å². The van der Waals surface area contributed by atoms with Crippen molar-refractivity contribution in [2.24, 2.45) is 29.6 Å². The van der Waals surface area contributed by atoms with Crippen molar-refractivity contribution >= 4 is 0 Å². The summed E-state index contributed by atoms with van der Waals surface area (Å²) in [6.07, 6.45) is 2.38. The molecule has 2 rings (SSSR count). The molecule has 0 radical (unpaired) electrons. The maximum atomic E-state index is 9.86. The molecule has 0 aliphatic heterocycles. The van der Waals surface area contributed by atoms with E-state index in [4.69, 9.17) is 0 Å². The van der Waals surface area contributed by atoms with E-state index in [0.717, 1.165) is 30.1 Å². The normalized spacial score (nSPS) is 59.0.